The van der Waals surface area contributed by atoms with E-state index < -0.39 is 48.7 Å². The Labute approximate surface area is 168 Å². The molecule has 5 nitrogen and oxygen atoms in total. The van der Waals surface area contributed by atoms with E-state index in [0.717, 1.165) is 0 Å². The zero-order chi connectivity index (χ0) is 21.2. The smallest absolute Gasteiger partial charge is 0.399 e. The Morgan fingerprint density at radius 1 is 1.10 bits per heavy atom. The van der Waals surface area contributed by atoms with Crippen LogP contribution in [0.3, 0.4) is 0 Å². The molecule has 9 heteroatoms. The maximum Gasteiger partial charge on any atom is 0.494 e. The van der Waals surface area contributed by atoms with Crippen LogP contribution in [0, 0.1) is 0 Å². The zero-order valence-corrected chi connectivity index (χ0v) is 17.2. The van der Waals surface area contributed by atoms with Crippen LogP contribution in [-0.2, 0) is 21.8 Å². The molecular formula is C20H25BF3N3O2. The summed E-state index contributed by atoms with van der Waals surface area (Å²) >= 11 is 0. The van der Waals surface area contributed by atoms with E-state index in [-0.39, 0.29) is 5.82 Å². The van der Waals surface area contributed by atoms with Gasteiger partial charge in [-0.15, -0.1) is 10.2 Å². The zero-order valence-electron chi connectivity index (χ0n) is 17.2. The van der Waals surface area contributed by atoms with Crippen molar-refractivity contribution in [3.8, 4) is 0 Å². The molecule has 156 valence electrons. The van der Waals surface area contributed by atoms with Gasteiger partial charge in [0, 0.05) is 25.3 Å². The van der Waals surface area contributed by atoms with Crippen molar-refractivity contribution < 1.29 is 22.5 Å². The van der Waals surface area contributed by atoms with Crippen molar-refractivity contribution in [2.24, 2.45) is 7.05 Å². The first-order chi connectivity index (χ1) is 13.4. The molecule has 0 N–H and O–H groups in total. The Bertz CT molecular complexity index is 907. The molecule has 2 aromatic rings. The standard InChI is InChI=1S/C20H25BF3N3O2/c1-17(2)18(3,4)29-21(28-17)14-8-6-7-13(9-14)19(10-20(23,24)11-19)15(22)16-26-25-12-27(16)5/h6-9,12,15H,10-11H2,1-5H3. The van der Waals surface area contributed by atoms with E-state index >= 15 is 4.39 Å². The Morgan fingerprint density at radius 2 is 1.72 bits per heavy atom. The molecule has 0 bridgehead atoms. The number of benzene rings is 1. The van der Waals surface area contributed by atoms with E-state index in [9.17, 15) is 8.78 Å². The first-order valence-corrected chi connectivity index (χ1v) is 9.69. The second-order valence-corrected chi connectivity index (χ2v) is 9.24. The SMILES string of the molecule is Cn1cnnc1C(F)C1(c2cccc(B3OC(C)(C)C(C)(C)O3)c2)CC(F)(F)C1. The van der Waals surface area contributed by atoms with Crippen molar-refractivity contribution in [2.45, 2.75) is 69.2 Å². The number of rotatable bonds is 4. The van der Waals surface area contributed by atoms with Gasteiger partial charge in [0.05, 0.1) is 11.2 Å². The third-order valence-corrected chi connectivity index (χ3v) is 6.59. The van der Waals surface area contributed by atoms with Crippen molar-refractivity contribution in [1.29, 1.82) is 0 Å². The summed E-state index contributed by atoms with van der Waals surface area (Å²) in [6.45, 7) is 7.76. The molecule has 2 heterocycles. The van der Waals surface area contributed by atoms with E-state index in [1.54, 1.807) is 25.2 Å². The van der Waals surface area contributed by atoms with Gasteiger partial charge in [-0.3, -0.25) is 0 Å². The highest BCUT2D eigenvalue weighted by Gasteiger charge is 2.63. The largest absolute Gasteiger partial charge is 0.494 e. The van der Waals surface area contributed by atoms with Gasteiger partial charge in [0.1, 0.15) is 6.33 Å². The van der Waals surface area contributed by atoms with Gasteiger partial charge in [-0.25, -0.2) is 13.2 Å². The summed E-state index contributed by atoms with van der Waals surface area (Å²) in [6.07, 6.45) is -1.50. The molecule has 0 radical (unpaired) electrons. The fraction of sp³-hybridized carbons (Fsp3) is 0.600. The topological polar surface area (TPSA) is 49.2 Å². The molecule has 1 saturated heterocycles. The molecule has 1 aliphatic heterocycles. The van der Waals surface area contributed by atoms with Gasteiger partial charge < -0.3 is 13.9 Å². The Balaban J connectivity index is 1.71. The van der Waals surface area contributed by atoms with Crippen LogP contribution in [0.1, 0.15) is 58.1 Å². The minimum Gasteiger partial charge on any atom is -0.399 e. The number of aryl methyl sites for hydroxylation is 1. The highest BCUT2D eigenvalue weighted by Crippen LogP contribution is 2.60. The summed E-state index contributed by atoms with van der Waals surface area (Å²) in [4.78, 5) is 0. The average Bonchev–Trinajstić information content (AvgIpc) is 3.12. The molecule has 0 amide bonds. The minimum absolute atomic E-state index is 0.0431. The summed E-state index contributed by atoms with van der Waals surface area (Å²) in [7, 11) is 0.957. The van der Waals surface area contributed by atoms with Gasteiger partial charge in [0.25, 0.3) is 0 Å². The van der Waals surface area contributed by atoms with E-state index in [1.165, 1.54) is 10.9 Å². The number of nitrogens with zero attached hydrogens (tertiary/aromatic N) is 3. The van der Waals surface area contributed by atoms with Gasteiger partial charge in [-0.2, -0.15) is 0 Å². The van der Waals surface area contributed by atoms with Gasteiger partial charge in [-0.1, -0.05) is 24.3 Å². The third-order valence-electron chi connectivity index (χ3n) is 6.59. The molecule has 29 heavy (non-hydrogen) atoms. The number of hydrogen-bond acceptors (Lipinski definition) is 4. The Hall–Kier alpha value is -1.87. The number of aromatic nitrogens is 3. The van der Waals surface area contributed by atoms with Crippen LogP contribution in [0.4, 0.5) is 13.2 Å². The first kappa shape index (κ1) is 20.4. The summed E-state index contributed by atoms with van der Waals surface area (Å²) in [5.41, 5.74) is -1.26. The fourth-order valence-electron chi connectivity index (χ4n) is 4.14. The van der Waals surface area contributed by atoms with Crippen LogP contribution in [0.25, 0.3) is 0 Å². The van der Waals surface area contributed by atoms with Crippen LogP contribution in [0.2, 0.25) is 0 Å². The molecule has 1 unspecified atom stereocenters. The number of hydrogen-bond donors (Lipinski definition) is 0. The predicted octanol–water partition coefficient (Wildman–Crippen LogP) is 3.49. The summed E-state index contributed by atoms with van der Waals surface area (Å²) in [5.74, 6) is -2.87. The van der Waals surface area contributed by atoms with Crippen LogP contribution in [0.15, 0.2) is 30.6 Å². The highest BCUT2D eigenvalue weighted by molar-refractivity contribution is 6.62. The Kier molecular flexibility index (Phi) is 4.44. The van der Waals surface area contributed by atoms with Crippen molar-refractivity contribution in [3.63, 3.8) is 0 Å². The van der Waals surface area contributed by atoms with E-state index in [4.69, 9.17) is 9.31 Å². The van der Waals surface area contributed by atoms with Gasteiger partial charge in [0.15, 0.2) is 12.0 Å². The van der Waals surface area contributed by atoms with Gasteiger partial charge >= 0.3 is 7.12 Å². The normalized spacial score (nSPS) is 24.9. The summed E-state index contributed by atoms with van der Waals surface area (Å²) in [5, 5.41) is 7.52. The molecule has 0 spiro atoms. The molecule has 1 saturated carbocycles. The molecular weight excluding hydrogens is 382 g/mol. The lowest BCUT2D eigenvalue weighted by Gasteiger charge is -2.49. The lowest BCUT2D eigenvalue weighted by Crippen LogP contribution is -2.53. The van der Waals surface area contributed by atoms with Crippen LogP contribution < -0.4 is 5.46 Å². The molecule has 2 fully saturated rings. The predicted molar refractivity (Wildman–Crippen MR) is 103 cm³/mol. The quantitative estimate of drug-likeness (QED) is 0.729. The summed E-state index contributed by atoms with van der Waals surface area (Å²) in [6, 6.07) is 6.95. The number of alkyl halides is 3. The van der Waals surface area contributed by atoms with Crippen LogP contribution >= 0.6 is 0 Å². The lowest BCUT2D eigenvalue weighted by molar-refractivity contribution is -0.151. The van der Waals surface area contributed by atoms with Gasteiger partial charge in [0.2, 0.25) is 5.92 Å². The maximum atomic E-state index is 15.6. The van der Waals surface area contributed by atoms with Crippen molar-refractivity contribution in [3.05, 3.63) is 42.0 Å². The first-order valence-electron chi connectivity index (χ1n) is 9.69. The minimum atomic E-state index is -2.91. The van der Waals surface area contributed by atoms with E-state index in [0.29, 0.717) is 11.0 Å². The maximum absolute atomic E-state index is 15.6. The number of halogens is 3. The van der Waals surface area contributed by atoms with Gasteiger partial charge in [-0.05, 0) is 38.7 Å². The van der Waals surface area contributed by atoms with Crippen molar-refractivity contribution >= 4 is 12.6 Å². The molecule has 1 atom stereocenters. The highest BCUT2D eigenvalue weighted by atomic mass is 19.3. The Morgan fingerprint density at radius 3 is 2.24 bits per heavy atom. The van der Waals surface area contributed by atoms with E-state index in [1.807, 2.05) is 33.8 Å². The second kappa shape index (κ2) is 6.31. The monoisotopic (exact) mass is 407 g/mol. The fourth-order valence-corrected chi connectivity index (χ4v) is 4.14. The second-order valence-electron chi connectivity index (χ2n) is 9.24. The summed E-state index contributed by atoms with van der Waals surface area (Å²) < 4.78 is 57.1. The lowest BCUT2D eigenvalue weighted by atomic mass is 9.58. The average molecular weight is 407 g/mol. The van der Waals surface area contributed by atoms with Crippen molar-refractivity contribution in [1.82, 2.24) is 14.8 Å². The molecule has 2 aliphatic rings. The molecule has 1 aliphatic carbocycles. The molecule has 1 aromatic carbocycles. The third kappa shape index (κ3) is 3.19. The van der Waals surface area contributed by atoms with Crippen LogP contribution in [0.5, 0.6) is 0 Å². The van der Waals surface area contributed by atoms with Crippen LogP contribution in [-0.4, -0.2) is 39.0 Å². The van der Waals surface area contributed by atoms with Crippen molar-refractivity contribution in [2.75, 3.05) is 0 Å². The molecule has 1 aromatic heterocycles. The molecule has 4 rings (SSSR count). The van der Waals surface area contributed by atoms with E-state index in [2.05, 4.69) is 10.2 Å².